The third-order valence-electron chi connectivity index (χ3n) is 1.58. The van der Waals surface area contributed by atoms with Crippen molar-refractivity contribution >= 4 is 17.7 Å². The first kappa shape index (κ1) is 11.8. The van der Waals surface area contributed by atoms with E-state index in [0.717, 1.165) is 17.8 Å². The number of carbonyl (C=O) groups is 1. The van der Waals surface area contributed by atoms with Crippen LogP contribution in [0.3, 0.4) is 0 Å². The third-order valence-corrected chi connectivity index (χ3v) is 2.22. The highest BCUT2D eigenvalue weighted by Gasteiger charge is 2.37. The summed E-state index contributed by atoms with van der Waals surface area (Å²) in [5, 5.41) is 8.68. The number of thioether (sulfide) groups is 1. The van der Waals surface area contributed by atoms with Crippen LogP contribution in [0.5, 0.6) is 0 Å². The molecular formula is C8H6F3NO2S. The van der Waals surface area contributed by atoms with Gasteiger partial charge in [0.25, 0.3) is 0 Å². The number of hydrogen-bond donors (Lipinski definition) is 1. The van der Waals surface area contributed by atoms with Gasteiger partial charge in [-0.2, -0.15) is 13.2 Å². The zero-order valence-corrected chi connectivity index (χ0v) is 8.32. The molecule has 0 fully saturated rings. The lowest BCUT2D eigenvalue weighted by molar-refractivity contribution is -0.142. The summed E-state index contributed by atoms with van der Waals surface area (Å²) in [5.41, 5.74) is -2.19. The molecule has 7 heteroatoms. The first-order chi connectivity index (χ1) is 6.86. The number of carboxylic acids is 1. The monoisotopic (exact) mass is 237 g/mol. The van der Waals surface area contributed by atoms with Crippen molar-refractivity contribution in [1.29, 1.82) is 0 Å². The Morgan fingerprint density at radius 3 is 2.47 bits per heavy atom. The standard InChI is InChI=1S/C8H6F3NO2S/c1-15-5-3-2-4(7(13)14)6(12-5)8(9,10)11/h2-3H,1H3,(H,13,14). The Bertz CT molecular complexity index is 392. The van der Waals surface area contributed by atoms with E-state index < -0.39 is 23.4 Å². The fourth-order valence-electron chi connectivity index (χ4n) is 0.944. The fraction of sp³-hybridized carbons (Fsp3) is 0.250. The number of rotatable bonds is 2. The number of hydrogen-bond acceptors (Lipinski definition) is 3. The van der Waals surface area contributed by atoms with Crippen LogP contribution in [0.2, 0.25) is 0 Å². The maximum Gasteiger partial charge on any atom is 0.434 e. The molecule has 1 aromatic heterocycles. The van der Waals surface area contributed by atoms with E-state index in [4.69, 9.17) is 5.11 Å². The summed E-state index contributed by atoms with van der Waals surface area (Å²) in [4.78, 5) is 13.8. The van der Waals surface area contributed by atoms with Crippen molar-refractivity contribution < 1.29 is 23.1 Å². The number of halogens is 3. The third kappa shape index (κ3) is 2.62. The summed E-state index contributed by atoms with van der Waals surface area (Å²) in [6, 6.07) is 2.15. The summed E-state index contributed by atoms with van der Waals surface area (Å²) in [5.74, 6) is -1.64. The van der Waals surface area contributed by atoms with Crippen molar-refractivity contribution in [3.05, 3.63) is 23.4 Å². The first-order valence-corrected chi connectivity index (χ1v) is 4.94. The van der Waals surface area contributed by atoms with Crippen molar-refractivity contribution in [3.8, 4) is 0 Å². The highest BCUT2D eigenvalue weighted by atomic mass is 32.2. The summed E-state index contributed by atoms with van der Waals surface area (Å²) in [6.07, 6.45) is -3.19. The quantitative estimate of drug-likeness (QED) is 0.803. The lowest BCUT2D eigenvalue weighted by Crippen LogP contribution is -2.15. The minimum absolute atomic E-state index is 0.132. The molecule has 0 amide bonds. The number of aromatic carboxylic acids is 1. The van der Waals surface area contributed by atoms with Crippen LogP contribution < -0.4 is 0 Å². The van der Waals surface area contributed by atoms with Gasteiger partial charge >= 0.3 is 12.1 Å². The van der Waals surface area contributed by atoms with E-state index >= 15 is 0 Å². The summed E-state index contributed by atoms with van der Waals surface area (Å²) in [6.45, 7) is 0. The Balaban J connectivity index is 3.36. The summed E-state index contributed by atoms with van der Waals surface area (Å²) in [7, 11) is 0. The molecule has 0 aliphatic carbocycles. The van der Waals surface area contributed by atoms with Gasteiger partial charge in [-0.1, -0.05) is 0 Å². The van der Waals surface area contributed by atoms with E-state index in [2.05, 4.69) is 4.98 Å². The van der Waals surface area contributed by atoms with Gasteiger partial charge in [0.1, 0.15) is 0 Å². The minimum Gasteiger partial charge on any atom is -0.478 e. The lowest BCUT2D eigenvalue weighted by atomic mass is 10.2. The van der Waals surface area contributed by atoms with Crippen molar-refractivity contribution in [3.63, 3.8) is 0 Å². The molecule has 0 saturated heterocycles. The van der Waals surface area contributed by atoms with Gasteiger partial charge in [0.05, 0.1) is 10.6 Å². The van der Waals surface area contributed by atoms with Crippen molar-refractivity contribution in [2.45, 2.75) is 11.2 Å². The van der Waals surface area contributed by atoms with Gasteiger partial charge in [-0.05, 0) is 18.4 Å². The zero-order valence-electron chi connectivity index (χ0n) is 7.50. The molecule has 0 saturated carbocycles. The van der Waals surface area contributed by atoms with Crippen molar-refractivity contribution in [2.24, 2.45) is 0 Å². The molecule has 0 radical (unpaired) electrons. The maximum absolute atomic E-state index is 12.4. The average Bonchev–Trinajstić information content (AvgIpc) is 2.15. The van der Waals surface area contributed by atoms with E-state index in [9.17, 15) is 18.0 Å². The molecule has 0 spiro atoms. The Morgan fingerprint density at radius 1 is 1.47 bits per heavy atom. The fourth-order valence-corrected chi connectivity index (χ4v) is 1.33. The molecule has 0 aliphatic heterocycles. The van der Waals surface area contributed by atoms with Gasteiger partial charge in [-0.25, -0.2) is 9.78 Å². The van der Waals surface area contributed by atoms with Gasteiger partial charge in [-0.3, -0.25) is 0 Å². The van der Waals surface area contributed by atoms with E-state index in [0.29, 0.717) is 0 Å². The van der Waals surface area contributed by atoms with E-state index in [1.807, 2.05) is 0 Å². The molecule has 1 heterocycles. The van der Waals surface area contributed by atoms with Crippen molar-refractivity contribution in [1.82, 2.24) is 4.98 Å². The Labute approximate surface area is 87.3 Å². The largest absolute Gasteiger partial charge is 0.478 e. The van der Waals surface area contributed by atoms with Crippen LogP contribution in [0.15, 0.2) is 17.2 Å². The van der Waals surface area contributed by atoms with E-state index in [-0.39, 0.29) is 5.03 Å². The van der Waals surface area contributed by atoms with Crippen LogP contribution >= 0.6 is 11.8 Å². The van der Waals surface area contributed by atoms with Crippen LogP contribution in [-0.4, -0.2) is 22.3 Å². The second kappa shape index (κ2) is 4.09. The highest BCUT2D eigenvalue weighted by molar-refractivity contribution is 7.98. The normalized spacial score (nSPS) is 11.5. The Kier molecular flexibility index (Phi) is 3.23. The number of carboxylic acid groups (broad SMARTS) is 1. The molecule has 1 aromatic rings. The van der Waals surface area contributed by atoms with Gasteiger partial charge in [0.15, 0.2) is 5.69 Å². The lowest BCUT2D eigenvalue weighted by Gasteiger charge is -2.09. The topological polar surface area (TPSA) is 50.2 Å². The van der Waals surface area contributed by atoms with E-state index in [1.54, 1.807) is 6.26 Å². The highest BCUT2D eigenvalue weighted by Crippen LogP contribution is 2.31. The zero-order chi connectivity index (χ0) is 11.6. The summed E-state index contributed by atoms with van der Waals surface area (Å²) < 4.78 is 37.2. The van der Waals surface area contributed by atoms with Gasteiger partial charge < -0.3 is 5.11 Å². The molecule has 1 N–H and O–H groups in total. The number of alkyl halides is 3. The second-order valence-corrected chi connectivity index (χ2v) is 3.38. The number of aromatic nitrogens is 1. The molecule has 0 unspecified atom stereocenters. The minimum atomic E-state index is -4.75. The molecule has 0 atom stereocenters. The first-order valence-electron chi connectivity index (χ1n) is 3.71. The molecule has 1 rings (SSSR count). The average molecular weight is 237 g/mol. The van der Waals surface area contributed by atoms with E-state index in [1.165, 1.54) is 6.07 Å². The Hall–Kier alpha value is -1.24. The molecule has 15 heavy (non-hydrogen) atoms. The van der Waals surface area contributed by atoms with Crippen LogP contribution in [-0.2, 0) is 6.18 Å². The molecular weight excluding hydrogens is 231 g/mol. The van der Waals surface area contributed by atoms with Gasteiger partial charge in [0, 0.05) is 0 Å². The summed E-state index contributed by atoms with van der Waals surface area (Å²) >= 11 is 1.02. The predicted octanol–water partition coefficient (Wildman–Crippen LogP) is 2.52. The van der Waals surface area contributed by atoms with Crippen LogP contribution in [0.1, 0.15) is 16.1 Å². The number of pyridine rings is 1. The Morgan fingerprint density at radius 2 is 2.07 bits per heavy atom. The predicted molar refractivity (Wildman–Crippen MR) is 48.0 cm³/mol. The molecule has 0 bridgehead atoms. The van der Waals surface area contributed by atoms with Gasteiger partial charge in [-0.15, -0.1) is 11.8 Å². The molecule has 3 nitrogen and oxygen atoms in total. The maximum atomic E-state index is 12.4. The van der Waals surface area contributed by atoms with Crippen LogP contribution in [0.4, 0.5) is 13.2 Å². The smallest absolute Gasteiger partial charge is 0.434 e. The SMILES string of the molecule is CSc1ccc(C(=O)O)c(C(F)(F)F)n1. The van der Waals surface area contributed by atoms with Crippen LogP contribution in [0, 0.1) is 0 Å². The molecule has 0 aliphatic rings. The van der Waals surface area contributed by atoms with Gasteiger partial charge in [0.2, 0.25) is 0 Å². The number of nitrogens with zero attached hydrogens (tertiary/aromatic N) is 1. The molecule has 82 valence electrons. The molecule has 0 aromatic carbocycles. The van der Waals surface area contributed by atoms with Crippen LogP contribution in [0.25, 0.3) is 0 Å². The van der Waals surface area contributed by atoms with Crippen molar-refractivity contribution in [2.75, 3.05) is 6.26 Å². The second-order valence-electron chi connectivity index (χ2n) is 2.55.